The van der Waals surface area contributed by atoms with Crippen molar-refractivity contribution in [2.75, 3.05) is 34.2 Å². The predicted molar refractivity (Wildman–Crippen MR) is 116 cm³/mol. The highest BCUT2D eigenvalue weighted by atomic mass is 16.1. The topological polar surface area (TPSA) is 68.8 Å². The zero-order valence-electron chi connectivity index (χ0n) is 17.2. The number of hydrogen-bond acceptors (Lipinski definition) is 3. The molecule has 0 aliphatic rings. The van der Waals surface area contributed by atoms with E-state index in [9.17, 15) is 4.79 Å². The molecule has 0 heterocycles. The molecule has 2 aromatic rings. The van der Waals surface area contributed by atoms with Gasteiger partial charge in [-0.15, -0.1) is 0 Å². The Labute approximate surface area is 168 Å². The van der Waals surface area contributed by atoms with Crippen LogP contribution in [0.5, 0.6) is 0 Å². The van der Waals surface area contributed by atoms with Gasteiger partial charge in [0.25, 0.3) is 5.91 Å². The van der Waals surface area contributed by atoms with Crippen molar-refractivity contribution < 1.29 is 4.79 Å². The van der Waals surface area contributed by atoms with Crippen LogP contribution in [0.1, 0.15) is 27.0 Å². The summed E-state index contributed by atoms with van der Waals surface area (Å²) in [5, 5.41) is 9.57. The Morgan fingerprint density at radius 2 is 1.75 bits per heavy atom. The summed E-state index contributed by atoms with van der Waals surface area (Å²) in [5.41, 5.74) is 4.18. The number of aryl methyl sites for hydroxylation is 1. The van der Waals surface area contributed by atoms with E-state index in [1.807, 2.05) is 55.4 Å². The second kappa shape index (κ2) is 11.1. The maximum atomic E-state index is 12.3. The average molecular weight is 382 g/mol. The van der Waals surface area contributed by atoms with Crippen molar-refractivity contribution in [1.82, 2.24) is 20.9 Å². The van der Waals surface area contributed by atoms with Crippen LogP contribution < -0.4 is 16.0 Å². The number of amides is 1. The Morgan fingerprint density at radius 3 is 2.46 bits per heavy atom. The number of likely N-dealkylation sites (N-methyl/N-ethyl adjacent to an activating group) is 1. The SMILES string of the molecule is CN=C(NCc1cccc(C(=O)NCCN(C)C)c1)NCc1ccccc1C. The lowest BCUT2D eigenvalue weighted by atomic mass is 10.1. The van der Waals surface area contributed by atoms with Crippen molar-refractivity contribution in [2.24, 2.45) is 4.99 Å². The molecule has 0 spiro atoms. The Hall–Kier alpha value is -2.86. The molecule has 0 aromatic heterocycles. The van der Waals surface area contributed by atoms with Gasteiger partial charge in [0, 0.05) is 38.8 Å². The first-order chi connectivity index (χ1) is 13.5. The Kier molecular flexibility index (Phi) is 8.49. The van der Waals surface area contributed by atoms with Crippen molar-refractivity contribution in [3.63, 3.8) is 0 Å². The molecule has 3 N–H and O–H groups in total. The van der Waals surface area contributed by atoms with Crippen molar-refractivity contribution in [2.45, 2.75) is 20.0 Å². The molecule has 0 saturated carbocycles. The van der Waals surface area contributed by atoms with Crippen LogP contribution in [0.4, 0.5) is 0 Å². The third kappa shape index (κ3) is 7.04. The first-order valence-corrected chi connectivity index (χ1v) is 9.50. The largest absolute Gasteiger partial charge is 0.352 e. The third-order valence-electron chi connectivity index (χ3n) is 4.42. The molecular weight excluding hydrogens is 350 g/mol. The fourth-order valence-electron chi connectivity index (χ4n) is 2.71. The molecule has 2 aromatic carbocycles. The van der Waals surface area contributed by atoms with Gasteiger partial charge in [0.2, 0.25) is 0 Å². The minimum absolute atomic E-state index is 0.0502. The molecule has 0 bridgehead atoms. The lowest BCUT2D eigenvalue weighted by molar-refractivity contribution is 0.0951. The van der Waals surface area contributed by atoms with Crippen LogP contribution in [0.3, 0.4) is 0 Å². The van der Waals surface area contributed by atoms with Crippen LogP contribution in [0.15, 0.2) is 53.5 Å². The van der Waals surface area contributed by atoms with Crippen molar-refractivity contribution in [1.29, 1.82) is 0 Å². The minimum Gasteiger partial charge on any atom is -0.352 e. The monoisotopic (exact) mass is 381 g/mol. The molecule has 0 fully saturated rings. The maximum absolute atomic E-state index is 12.3. The molecule has 6 heteroatoms. The van der Waals surface area contributed by atoms with Crippen molar-refractivity contribution in [3.05, 3.63) is 70.8 Å². The van der Waals surface area contributed by atoms with E-state index in [0.717, 1.165) is 18.1 Å². The summed E-state index contributed by atoms with van der Waals surface area (Å²) >= 11 is 0. The summed E-state index contributed by atoms with van der Waals surface area (Å²) in [7, 11) is 5.72. The highest BCUT2D eigenvalue weighted by molar-refractivity contribution is 5.94. The van der Waals surface area contributed by atoms with E-state index >= 15 is 0 Å². The summed E-state index contributed by atoms with van der Waals surface area (Å²) in [6.07, 6.45) is 0. The van der Waals surface area contributed by atoms with Gasteiger partial charge < -0.3 is 20.9 Å². The van der Waals surface area contributed by atoms with Gasteiger partial charge in [0.05, 0.1) is 0 Å². The third-order valence-corrected chi connectivity index (χ3v) is 4.42. The molecule has 0 aliphatic heterocycles. The number of carbonyl (C=O) groups is 1. The van der Waals surface area contributed by atoms with Gasteiger partial charge in [-0.1, -0.05) is 36.4 Å². The summed E-state index contributed by atoms with van der Waals surface area (Å²) in [6.45, 7) is 4.84. The second-order valence-electron chi connectivity index (χ2n) is 6.97. The fourth-order valence-corrected chi connectivity index (χ4v) is 2.71. The normalized spacial score (nSPS) is 11.4. The molecule has 0 saturated heterocycles. The van der Waals surface area contributed by atoms with E-state index in [0.29, 0.717) is 25.2 Å². The number of benzene rings is 2. The molecular formula is C22H31N5O. The fraction of sp³-hybridized carbons (Fsp3) is 0.364. The zero-order chi connectivity index (χ0) is 20.4. The van der Waals surface area contributed by atoms with Gasteiger partial charge >= 0.3 is 0 Å². The smallest absolute Gasteiger partial charge is 0.251 e. The number of nitrogens with zero attached hydrogens (tertiary/aromatic N) is 2. The van der Waals surface area contributed by atoms with Gasteiger partial charge in [-0.2, -0.15) is 0 Å². The molecule has 2 rings (SSSR count). The van der Waals surface area contributed by atoms with Gasteiger partial charge in [0.15, 0.2) is 5.96 Å². The first-order valence-electron chi connectivity index (χ1n) is 9.50. The molecule has 0 atom stereocenters. The molecule has 1 amide bonds. The number of aliphatic imine (C=N–C) groups is 1. The highest BCUT2D eigenvalue weighted by Crippen LogP contribution is 2.07. The van der Waals surface area contributed by atoms with Crippen LogP contribution >= 0.6 is 0 Å². The van der Waals surface area contributed by atoms with Gasteiger partial charge in [-0.3, -0.25) is 9.79 Å². The highest BCUT2D eigenvalue weighted by Gasteiger charge is 2.07. The van der Waals surface area contributed by atoms with E-state index in [-0.39, 0.29) is 5.91 Å². The Bertz CT molecular complexity index is 801. The first kappa shape index (κ1) is 21.4. The lowest BCUT2D eigenvalue weighted by Gasteiger charge is -2.14. The molecule has 28 heavy (non-hydrogen) atoms. The van der Waals surface area contributed by atoms with Gasteiger partial charge in [-0.25, -0.2) is 0 Å². The number of guanidine groups is 1. The summed E-state index contributed by atoms with van der Waals surface area (Å²) in [4.78, 5) is 18.6. The number of carbonyl (C=O) groups excluding carboxylic acids is 1. The zero-order valence-corrected chi connectivity index (χ0v) is 17.2. The molecule has 0 unspecified atom stereocenters. The van der Waals surface area contributed by atoms with E-state index in [1.165, 1.54) is 11.1 Å². The van der Waals surface area contributed by atoms with Crippen LogP contribution in [-0.2, 0) is 13.1 Å². The van der Waals surface area contributed by atoms with Crippen molar-refractivity contribution >= 4 is 11.9 Å². The average Bonchev–Trinajstić information content (AvgIpc) is 2.69. The van der Waals surface area contributed by atoms with E-state index in [4.69, 9.17) is 0 Å². The number of nitrogens with one attached hydrogen (secondary N) is 3. The van der Waals surface area contributed by atoms with E-state index < -0.39 is 0 Å². The standard InChI is InChI=1S/C22H31N5O/c1-17-8-5-6-10-20(17)16-26-22(23-2)25-15-18-9-7-11-19(14-18)21(28)24-12-13-27(3)4/h5-11,14H,12-13,15-16H2,1-4H3,(H,24,28)(H2,23,25,26). The second-order valence-corrected chi connectivity index (χ2v) is 6.97. The lowest BCUT2D eigenvalue weighted by Crippen LogP contribution is -2.36. The van der Waals surface area contributed by atoms with Crippen LogP contribution in [0.2, 0.25) is 0 Å². The Morgan fingerprint density at radius 1 is 1.00 bits per heavy atom. The quantitative estimate of drug-likeness (QED) is 0.484. The molecule has 6 nitrogen and oxygen atoms in total. The van der Waals surface area contributed by atoms with Crippen LogP contribution in [0, 0.1) is 6.92 Å². The van der Waals surface area contributed by atoms with Crippen LogP contribution in [0.25, 0.3) is 0 Å². The maximum Gasteiger partial charge on any atom is 0.251 e. The van der Waals surface area contributed by atoms with Gasteiger partial charge in [-0.05, 0) is 49.8 Å². The van der Waals surface area contributed by atoms with Crippen LogP contribution in [-0.4, -0.2) is 51.0 Å². The Balaban J connectivity index is 1.87. The number of rotatable bonds is 8. The summed E-state index contributed by atoms with van der Waals surface area (Å²) < 4.78 is 0. The molecule has 150 valence electrons. The molecule has 0 aliphatic carbocycles. The number of hydrogen-bond donors (Lipinski definition) is 3. The summed E-state index contributed by atoms with van der Waals surface area (Å²) in [6, 6.07) is 15.9. The van der Waals surface area contributed by atoms with E-state index in [1.54, 1.807) is 7.05 Å². The van der Waals surface area contributed by atoms with Gasteiger partial charge in [0.1, 0.15) is 0 Å². The minimum atomic E-state index is -0.0502. The van der Waals surface area contributed by atoms with Crippen molar-refractivity contribution in [3.8, 4) is 0 Å². The predicted octanol–water partition coefficient (Wildman–Crippen LogP) is 2.15. The molecule has 0 radical (unpaired) electrons. The summed E-state index contributed by atoms with van der Waals surface area (Å²) in [5.74, 6) is 0.676. The van der Waals surface area contributed by atoms with E-state index in [2.05, 4.69) is 40.0 Å².